The minimum Gasteiger partial charge on any atom is -0.356 e. The molecule has 2 atom stereocenters. The molecule has 1 aromatic carbocycles. The molecule has 0 aliphatic carbocycles. The van der Waals surface area contributed by atoms with E-state index in [9.17, 15) is 13.5 Å². The van der Waals surface area contributed by atoms with Crippen molar-refractivity contribution in [1.82, 2.24) is 29.4 Å². The minimum absolute atomic E-state index is 0.0513. The molecule has 0 amide bonds. The maximum Gasteiger partial charge on any atom is 0.301 e. The van der Waals surface area contributed by atoms with Gasteiger partial charge >= 0.3 is 10.2 Å². The van der Waals surface area contributed by atoms with Crippen molar-refractivity contribution in [2.75, 3.05) is 37.8 Å². The molecule has 2 heterocycles. The summed E-state index contributed by atoms with van der Waals surface area (Å²) in [6.07, 6.45) is 2.09. The summed E-state index contributed by atoms with van der Waals surface area (Å²) in [6, 6.07) is 4.00. The first-order valence-electron chi connectivity index (χ1n) is 11.7. The summed E-state index contributed by atoms with van der Waals surface area (Å²) < 4.78 is 50.0. The molecule has 4 N–H and O–H groups in total. The van der Waals surface area contributed by atoms with E-state index in [1.165, 1.54) is 39.5 Å². The maximum atomic E-state index is 15.7. The van der Waals surface area contributed by atoms with Crippen LogP contribution < -0.4 is 15.4 Å². The van der Waals surface area contributed by atoms with Gasteiger partial charge in [0.25, 0.3) is 0 Å². The van der Waals surface area contributed by atoms with E-state index in [2.05, 4.69) is 30.4 Å². The van der Waals surface area contributed by atoms with Crippen LogP contribution >= 0.6 is 11.6 Å². The van der Waals surface area contributed by atoms with Crippen LogP contribution in [0, 0.1) is 5.82 Å². The van der Waals surface area contributed by atoms with Crippen LogP contribution in [0.1, 0.15) is 26.8 Å². The van der Waals surface area contributed by atoms with E-state index in [1.54, 1.807) is 16.9 Å². The molecule has 12 nitrogen and oxygen atoms in total. The molecule has 0 saturated carbocycles. The molecule has 208 valence electrons. The summed E-state index contributed by atoms with van der Waals surface area (Å²) in [7, 11) is 0.0483. The summed E-state index contributed by atoms with van der Waals surface area (Å²) in [4.78, 5) is 8.77. The Labute approximate surface area is 226 Å². The fraction of sp³-hybridized carbons (Fsp3) is 0.435. The quantitative estimate of drug-likeness (QED) is 0.241. The van der Waals surface area contributed by atoms with Crippen molar-refractivity contribution in [3.63, 3.8) is 0 Å². The van der Waals surface area contributed by atoms with Gasteiger partial charge < -0.3 is 15.2 Å². The number of hydrogen-bond donors (Lipinski definition) is 4. The fourth-order valence-corrected chi connectivity index (χ4v) is 4.15. The number of nitrogens with zero attached hydrogens (tertiary/aromatic N) is 5. The second-order valence-electron chi connectivity index (χ2n) is 8.97. The van der Waals surface area contributed by atoms with Gasteiger partial charge in [-0.25, -0.2) is 14.4 Å². The zero-order valence-electron chi connectivity index (χ0n) is 21.9. The molecule has 3 aromatic rings. The van der Waals surface area contributed by atoms with Crippen LogP contribution in [0.3, 0.4) is 0 Å². The molecule has 38 heavy (non-hydrogen) atoms. The largest absolute Gasteiger partial charge is 0.356 e. The van der Waals surface area contributed by atoms with Crippen LogP contribution in [-0.2, 0) is 14.9 Å². The molecule has 1 unspecified atom stereocenters. The minimum atomic E-state index is -3.98. The number of anilines is 2. The molecule has 15 heteroatoms. The molecule has 0 bridgehead atoms. The zero-order valence-corrected chi connectivity index (χ0v) is 23.5. The van der Waals surface area contributed by atoms with E-state index in [0.717, 1.165) is 4.31 Å². The lowest BCUT2D eigenvalue weighted by molar-refractivity contribution is -0.101. The number of methoxy groups -OCH3 is 1. The third-order valence-electron chi connectivity index (χ3n) is 5.42. The number of benzene rings is 1. The van der Waals surface area contributed by atoms with Gasteiger partial charge in [-0.15, -0.1) is 0 Å². The highest BCUT2D eigenvalue weighted by Gasteiger charge is 2.24. The second kappa shape index (κ2) is 12.3. The van der Waals surface area contributed by atoms with Gasteiger partial charge in [-0.2, -0.15) is 17.8 Å². The van der Waals surface area contributed by atoms with Crippen molar-refractivity contribution < 1.29 is 22.7 Å². The summed E-state index contributed by atoms with van der Waals surface area (Å²) in [5.74, 6) is -0.521. The van der Waals surface area contributed by atoms with E-state index < -0.39 is 22.4 Å². The average molecular weight is 571 g/mol. The highest BCUT2D eigenvalue weighted by Crippen LogP contribution is 2.37. The van der Waals surface area contributed by atoms with Gasteiger partial charge in [-0.1, -0.05) is 11.6 Å². The van der Waals surface area contributed by atoms with Gasteiger partial charge in [-0.3, -0.25) is 14.7 Å². The maximum absolute atomic E-state index is 15.7. The van der Waals surface area contributed by atoms with Crippen LogP contribution in [0.15, 0.2) is 30.6 Å². The molecule has 0 aliphatic heterocycles. The standard InChI is InChI=1S/C23H32ClFN8O4S/c1-13(2)33-12-17(16-9-15(24)10-19(20(16)25)31-38(35,36)32(4)5)21(30-33)18-7-8-26-22(29-18)27-11-14(3)28-23(34)37-6/h7-10,12-14,23,28,31,34H,11H2,1-6H3,(H,26,27,29)/t14-,23?/m0/s1. The molecule has 2 aromatic heterocycles. The first-order valence-corrected chi connectivity index (χ1v) is 13.5. The van der Waals surface area contributed by atoms with Crippen LogP contribution in [0.4, 0.5) is 16.0 Å². The van der Waals surface area contributed by atoms with Gasteiger partial charge in [0, 0.05) is 68.4 Å². The number of ether oxygens (including phenoxy) is 1. The van der Waals surface area contributed by atoms with Crippen molar-refractivity contribution in [1.29, 1.82) is 0 Å². The van der Waals surface area contributed by atoms with Crippen molar-refractivity contribution in [3.8, 4) is 22.5 Å². The van der Waals surface area contributed by atoms with Gasteiger partial charge in [0.05, 0.1) is 11.4 Å². The van der Waals surface area contributed by atoms with E-state index in [-0.39, 0.29) is 28.4 Å². The number of aliphatic hydroxyl groups is 1. The van der Waals surface area contributed by atoms with Crippen LogP contribution in [-0.4, -0.2) is 77.8 Å². The molecule has 0 spiro atoms. The molecule has 0 aliphatic rings. The highest BCUT2D eigenvalue weighted by molar-refractivity contribution is 7.90. The lowest BCUT2D eigenvalue weighted by Crippen LogP contribution is -2.41. The predicted octanol–water partition coefficient (Wildman–Crippen LogP) is 2.91. The topological polar surface area (TPSA) is 147 Å². The van der Waals surface area contributed by atoms with Crippen LogP contribution in [0.5, 0.6) is 0 Å². The van der Waals surface area contributed by atoms with Crippen molar-refractivity contribution in [3.05, 3.63) is 41.4 Å². The Bertz CT molecular complexity index is 1370. The van der Waals surface area contributed by atoms with E-state index >= 15 is 4.39 Å². The van der Waals surface area contributed by atoms with Gasteiger partial charge in [-0.05, 0) is 39.0 Å². The predicted molar refractivity (Wildman–Crippen MR) is 144 cm³/mol. The number of aromatic nitrogens is 4. The first kappa shape index (κ1) is 29.7. The van der Waals surface area contributed by atoms with E-state index in [4.69, 9.17) is 16.3 Å². The summed E-state index contributed by atoms with van der Waals surface area (Å²) >= 11 is 6.28. The van der Waals surface area contributed by atoms with Crippen LogP contribution in [0.25, 0.3) is 22.5 Å². The number of rotatable bonds is 12. The summed E-state index contributed by atoms with van der Waals surface area (Å²) in [6.45, 7) is 6.05. The SMILES string of the molecule is COC(O)N[C@@H](C)CNc1nccc(-c2nn(C(C)C)cc2-c2cc(Cl)cc(NS(=O)(=O)N(C)C)c2F)n1. The second-order valence-corrected chi connectivity index (χ2v) is 11.3. The van der Waals surface area contributed by atoms with Crippen molar-refractivity contribution >= 4 is 33.4 Å². The normalized spacial score (nSPS) is 13.7. The first-order chi connectivity index (χ1) is 17.8. The van der Waals surface area contributed by atoms with Gasteiger partial charge in [0.1, 0.15) is 5.69 Å². The lowest BCUT2D eigenvalue weighted by atomic mass is 10.0. The Kier molecular flexibility index (Phi) is 9.62. The molecular formula is C23H32ClFN8O4S. The van der Waals surface area contributed by atoms with Crippen LogP contribution in [0.2, 0.25) is 5.02 Å². The van der Waals surface area contributed by atoms with E-state index in [0.29, 0.717) is 29.4 Å². The molecular weight excluding hydrogens is 539 g/mol. The Morgan fingerprint density at radius 1 is 1.24 bits per heavy atom. The van der Waals surface area contributed by atoms with Gasteiger partial charge in [0.15, 0.2) is 5.82 Å². The number of halogens is 2. The fourth-order valence-electron chi connectivity index (χ4n) is 3.32. The number of hydrogen-bond acceptors (Lipinski definition) is 9. The van der Waals surface area contributed by atoms with Crippen molar-refractivity contribution in [2.24, 2.45) is 0 Å². The van der Waals surface area contributed by atoms with Crippen molar-refractivity contribution in [2.45, 2.75) is 39.3 Å². The van der Waals surface area contributed by atoms with E-state index in [1.807, 2.05) is 20.8 Å². The number of nitrogens with one attached hydrogen (secondary N) is 3. The van der Waals surface area contributed by atoms with Gasteiger partial charge in [0.2, 0.25) is 12.4 Å². The molecule has 0 radical (unpaired) electrons. The third-order valence-corrected chi connectivity index (χ3v) is 7.08. The monoisotopic (exact) mass is 570 g/mol. The molecule has 0 saturated heterocycles. The average Bonchev–Trinajstić information content (AvgIpc) is 3.30. The Morgan fingerprint density at radius 3 is 2.58 bits per heavy atom. The Morgan fingerprint density at radius 2 is 1.95 bits per heavy atom. The molecule has 3 rings (SSSR count). The number of aliphatic hydroxyl groups excluding tert-OH is 1. The molecule has 0 fully saturated rings. The Hall–Kier alpha value is -2.88. The summed E-state index contributed by atoms with van der Waals surface area (Å²) in [5.41, 5.74) is 0.883. The zero-order chi connectivity index (χ0) is 28.2. The smallest absolute Gasteiger partial charge is 0.301 e. The highest BCUT2D eigenvalue weighted by atomic mass is 35.5. The lowest BCUT2D eigenvalue weighted by Gasteiger charge is -2.18. The third kappa shape index (κ3) is 7.15. The summed E-state index contributed by atoms with van der Waals surface area (Å²) in [5, 5.41) is 20.2. The Balaban J connectivity index is 2.03.